The largest absolute Gasteiger partial charge is 0.481 e. The van der Waals surface area contributed by atoms with Crippen molar-refractivity contribution in [2.45, 2.75) is 63.5 Å². The van der Waals surface area contributed by atoms with E-state index in [9.17, 15) is 20.0 Å². The summed E-state index contributed by atoms with van der Waals surface area (Å²) in [4.78, 5) is 28.6. The van der Waals surface area contributed by atoms with Crippen LogP contribution in [0.2, 0.25) is 0 Å². The van der Waals surface area contributed by atoms with Crippen molar-refractivity contribution in [1.29, 1.82) is 0 Å². The first kappa shape index (κ1) is 18.9. The fraction of sp³-hybridized carbons (Fsp3) is 0.682. The van der Waals surface area contributed by atoms with Crippen molar-refractivity contribution in [2.24, 2.45) is 11.3 Å². The average Bonchev–Trinajstić information content (AvgIpc) is 3.24. The van der Waals surface area contributed by atoms with Gasteiger partial charge in [0.1, 0.15) is 0 Å². The molecule has 5 rings (SSSR count). The maximum atomic E-state index is 12.5. The molecule has 1 spiro atoms. The second-order valence-electron chi connectivity index (χ2n) is 9.39. The highest BCUT2D eigenvalue weighted by Crippen LogP contribution is 2.66. The molecule has 156 valence electrons. The van der Waals surface area contributed by atoms with Crippen molar-refractivity contribution >= 4 is 17.3 Å². The standard InChI is InChI=1S/C22H29N3O4/c1-3-21-8-5-10-23-11-9-22(20(21)23)16-12-14(25(28)29)6-7-17(16)24(4-2)18(22)15(13-21)19(26)27/h6-7,12,15,18,20H,3-5,8-11,13H2,1-2H3,(H,26,27)/t15-,18-,20-,21-,22+/m0/s1. The maximum absolute atomic E-state index is 12.5. The molecule has 1 saturated carbocycles. The van der Waals surface area contributed by atoms with E-state index in [-0.39, 0.29) is 33.5 Å². The van der Waals surface area contributed by atoms with E-state index in [0.717, 1.165) is 50.0 Å². The highest BCUT2D eigenvalue weighted by molar-refractivity contribution is 5.78. The van der Waals surface area contributed by atoms with Gasteiger partial charge in [0.2, 0.25) is 0 Å². The first-order valence-corrected chi connectivity index (χ1v) is 10.9. The number of fused-ring (bicyclic) bond motifs is 1. The van der Waals surface area contributed by atoms with E-state index in [1.165, 1.54) is 0 Å². The normalized spacial score (nSPS) is 37.7. The summed E-state index contributed by atoms with van der Waals surface area (Å²) in [6, 6.07) is 5.34. The lowest BCUT2D eigenvalue weighted by atomic mass is 9.49. The van der Waals surface area contributed by atoms with E-state index in [2.05, 4.69) is 23.6 Å². The number of rotatable bonds is 4. The molecule has 3 aliphatic heterocycles. The Morgan fingerprint density at radius 3 is 2.76 bits per heavy atom. The van der Waals surface area contributed by atoms with E-state index >= 15 is 0 Å². The topological polar surface area (TPSA) is 86.9 Å². The molecule has 3 heterocycles. The van der Waals surface area contributed by atoms with Crippen LogP contribution >= 0.6 is 0 Å². The fourth-order valence-corrected chi connectivity index (χ4v) is 7.75. The van der Waals surface area contributed by atoms with E-state index in [4.69, 9.17) is 0 Å². The first-order valence-electron chi connectivity index (χ1n) is 10.9. The number of hydrogen-bond acceptors (Lipinski definition) is 5. The van der Waals surface area contributed by atoms with Crippen molar-refractivity contribution in [3.05, 3.63) is 33.9 Å². The van der Waals surface area contributed by atoms with Gasteiger partial charge in [-0.1, -0.05) is 6.92 Å². The molecule has 4 aliphatic rings. The zero-order valence-corrected chi connectivity index (χ0v) is 17.1. The van der Waals surface area contributed by atoms with Gasteiger partial charge in [-0.3, -0.25) is 19.8 Å². The van der Waals surface area contributed by atoms with Gasteiger partial charge in [0.15, 0.2) is 0 Å². The Balaban J connectivity index is 1.80. The summed E-state index contributed by atoms with van der Waals surface area (Å²) >= 11 is 0. The van der Waals surface area contributed by atoms with Crippen molar-refractivity contribution in [3.8, 4) is 0 Å². The van der Waals surface area contributed by atoms with Crippen LogP contribution in [-0.2, 0) is 10.2 Å². The van der Waals surface area contributed by atoms with Gasteiger partial charge in [0, 0.05) is 35.8 Å². The number of benzene rings is 1. The van der Waals surface area contributed by atoms with E-state index < -0.39 is 11.9 Å². The second kappa shape index (κ2) is 6.17. The fourth-order valence-electron chi connectivity index (χ4n) is 7.75. The monoisotopic (exact) mass is 399 g/mol. The van der Waals surface area contributed by atoms with Crippen molar-refractivity contribution < 1.29 is 14.8 Å². The molecular formula is C22H29N3O4. The number of nitrogens with zero attached hydrogens (tertiary/aromatic N) is 3. The van der Waals surface area contributed by atoms with E-state index in [0.29, 0.717) is 13.0 Å². The lowest BCUT2D eigenvalue weighted by Gasteiger charge is -2.60. The molecule has 0 radical (unpaired) electrons. The maximum Gasteiger partial charge on any atom is 0.308 e. The third kappa shape index (κ3) is 2.19. The minimum atomic E-state index is -0.717. The van der Waals surface area contributed by atoms with Crippen molar-refractivity contribution in [1.82, 2.24) is 4.90 Å². The Morgan fingerprint density at radius 2 is 2.10 bits per heavy atom. The number of piperidine rings is 1. The number of nitro groups is 1. The molecule has 2 saturated heterocycles. The summed E-state index contributed by atoms with van der Waals surface area (Å²) in [5.41, 5.74) is 1.78. The lowest BCUT2D eigenvalue weighted by Crippen LogP contribution is -2.68. The van der Waals surface area contributed by atoms with Gasteiger partial charge >= 0.3 is 5.97 Å². The van der Waals surface area contributed by atoms with Crippen molar-refractivity contribution in [2.75, 3.05) is 24.5 Å². The van der Waals surface area contributed by atoms with Crippen LogP contribution in [0.5, 0.6) is 0 Å². The number of carboxylic acids is 1. The zero-order valence-electron chi connectivity index (χ0n) is 17.1. The Kier molecular flexibility index (Phi) is 4.01. The summed E-state index contributed by atoms with van der Waals surface area (Å²) in [6.45, 7) is 6.99. The predicted molar refractivity (Wildman–Crippen MR) is 109 cm³/mol. The molecule has 0 unspecified atom stereocenters. The second-order valence-corrected chi connectivity index (χ2v) is 9.39. The number of aliphatic carboxylic acids is 1. The van der Waals surface area contributed by atoms with Crippen LogP contribution in [0.25, 0.3) is 0 Å². The molecule has 0 bridgehead atoms. The third-order valence-electron chi connectivity index (χ3n) is 8.60. The van der Waals surface area contributed by atoms with Crippen LogP contribution in [0.1, 0.15) is 51.5 Å². The minimum absolute atomic E-state index is 0.0278. The van der Waals surface area contributed by atoms with Gasteiger partial charge in [0.05, 0.1) is 16.9 Å². The van der Waals surface area contributed by atoms with Gasteiger partial charge < -0.3 is 10.0 Å². The van der Waals surface area contributed by atoms with Crippen LogP contribution in [0.3, 0.4) is 0 Å². The smallest absolute Gasteiger partial charge is 0.308 e. The number of carbonyl (C=O) groups is 1. The van der Waals surface area contributed by atoms with Gasteiger partial charge in [0.25, 0.3) is 5.69 Å². The average molecular weight is 399 g/mol. The van der Waals surface area contributed by atoms with E-state index in [1.807, 2.05) is 6.07 Å². The summed E-state index contributed by atoms with van der Waals surface area (Å²) in [6.07, 6.45) is 4.72. The SMILES string of the molecule is CCN1c2ccc([N+](=O)[O-])cc2[C@]23CCN4CCC[C@@](CC)(C[C@H](C(=O)O)[C@H]12)[C@H]43. The molecule has 1 aromatic rings. The predicted octanol–water partition coefficient (Wildman–Crippen LogP) is 3.41. The molecule has 7 heteroatoms. The molecule has 0 amide bonds. The molecule has 1 aromatic carbocycles. The summed E-state index contributed by atoms with van der Waals surface area (Å²) in [7, 11) is 0. The van der Waals surface area contributed by atoms with Gasteiger partial charge in [-0.2, -0.15) is 0 Å². The number of carboxylic acid groups (broad SMARTS) is 1. The van der Waals surface area contributed by atoms with Crippen LogP contribution in [-0.4, -0.2) is 52.6 Å². The molecule has 1 N–H and O–H groups in total. The van der Waals surface area contributed by atoms with Gasteiger partial charge in [-0.25, -0.2) is 0 Å². The Hall–Kier alpha value is -2.15. The summed E-state index contributed by atoms with van der Waals surface area (Å²) < 4.78 is 0. The Bertz CT molecular complexity index is 889. The van der Waals surface area contributed by atoms with Crippen LogP contribution in [0, 0.1) is 21.4 Å². The van der Waals surface area contributed by atoms with E-state index in [1.54, 1.807) is 12.1 Å². The number of nitro benzene ring substituents is 1. The molecule has 29 heavy (non-hydrogen) atoms. The number of hydrogen-bond donors (Lipinski definition) is 1. The highest BCUT2D eigenvalue weighted by Gasteiger charge is 2.71. The Labute approximate surface area is 170 Å². The summed E-state index contributed by atoms with van der Waals surface area (Å²) in [5, 5.41) is 21.9. The molecule has 1 aliphatic carbocycles. The highest BCUT2D eigenvalue weighted by atomic mass is 16.6. The third-order valence-corrected chi connectivity index (χ3v) is 8.60. The number of likely N-dealkylation sites (N-methyl/N-ethyl adjacent to an activating group) is 1. The minimum Gasteiger partial charge on any atom is -0.481 e. The first-order chi connectivity index (χ1) is 13.9. The Morgan fingerprint density at radius 1 is 1.31 bits per heavy atom. The molecule has 5 atom stereocenters. The van der Waals surface area contributed by atoms with Crippen LogP contribution in [0.4, 0.5) is 11.4 Å². The molecule has 7 nitrogen and oxygen atoms in total. The van der Waals surface area contributed by atoms with Crippen LogP contribution < -0.4 is 4.90 Å². The van der Waals surface area contributed by atoms with Crippen LogP contribution in [0.15, 0.2) is 18.2 Å². The van der Waals surface area contributed by atoms with Gasteiger partial charge in [-0.15, -0.1) is 0 Å². The quantitative estimate of drug-likeness (QED) is 0.617. The zero-order chi connectivity index (χ0) is 20.6. The number of non-ortho nitro benzene ring substituents is 1. The molecule has 3 fully saturated rings. The van der Waals surface area contributed by atoms with Crippen molar-refractivity contribution in [3.63, 3.8) is 0 Å². The molecule has 0 aromatic heterocycles. The lowest BCUT2D eigenvalue weighted by molar-refractivity contribution is -0.384. The van der Waals surface area contributed by atoms with Gasteiger partial charge in [-0.05, 0) is 69.2 Å². The summed E-state index contributed by atoms with van der Waals surface area (Å²) in [5.74, 6) is -1.17. The molecular weight excluding hydrogens is 370 g/mol. The number of anilines is 1.